The van der Waals surface area contributed by atoms with Crippen molar-refractivity contribution in [3.05, 3.63) is 41.5 Å². The van der Waals surface area contributed by atoms with E-state index in [4.69, 9.17) is 10.5 Å². The number of aromatic nitrogens is 2. The van der Waals surface area contributed by atoms with Crippen molar-refractivity contribution in [1.82, 2.24) is 9.97 Å². The number of hydrogen-bond acceptors (Lipinski definition) is 8. The fourth-order valence-corrected chi connectivity index (χ4v) is 5.20. The summed E-state index contributed by atoms with van der Waals surface area (Å²) in [5.74, 6) is -1.08. The van der Waals surface area contributed by atoms with Gasteiger partial charge in [-0.25, -0.2) is 14.2 Å². The highest BCUT2D eigenvalue weighted by molar-refractivity contribution is 7.93. The highest BCUT2D eigenvalue weighted by Gasteiger charge is 2.33. The molecule has 1 atom stereocenters. The number of carbonyl (C=O) groups is 3. The Morgan fingerprint density at radius 2 is 1.91 bits per heavy atom. The van der Waals surface area contributed by atoms with Crippen LogP contribution in [-0.4, -0.2) is 44.3 Å². The van der Waals surface area contributed by atoms with Crippen LogP contribution in [-0.2, 0) is 41.8 Å². The van der Waals surface area contributed by atoms with Gasteiger partial charge < -0.3 is 10.5 Å². The van der Waals surface area contributed by atoms with Gasteiger partial charge in [-0.05, 0) is 18.9 Å². The van der Waals surface area contributed by atoms with Crippen LogP contribution in [0.2, 0.25) is 0 Å². The van der Waals surface area contributed by atoms with Crippen LogP contribution in [0.25, 0.3) is 0 Å². The Bertz CT molecular complexity index is 1180. The summed E-state index contributed by atoms with van der Waals surface area (Å²) in [5, 5.41) is -0.183. The van der Waals surface area contributed by atoms with Gasteiger partial charge in [0.2, 0.25) is 11.1 Å². The SMILES string of the molecule is CCCS(=O)(=NC(=O)CCC(=O)OCC)c1nc(N)c2c(n1)N(Cc1ccccc1)C(=O)C2. The first-order valence-corrected chi connectivity index (χ1v) is 12.4. The lowest BCUT2D eigenvalue weighted by molar-refractivity contribution is -0.144. The van der Waals surface area contributed by atoms with E-state index in [2.05, 4.69) is 14.3 Å². The fourth-order valence-electron chi connectivity index (χ4n) is 3.40. The molecule has 176 valence electrons. The minimum atomic E-state index is -3.35. The fraction of sp³-hybridized carbons (Fsp3) is 0.409. The van der Waals surface area contributed by atoms with E-state index in [1.54, 1.807) is 13.8 Å². The second-order valence-electron chi connectivity index (χ2n) is 7.47. The number of nitrogen functional groups attached to an aromatic ring is 1. The Labute approximate surface area is 192 Å². The average Bonchev–Trinajstić information content (AvgIpc) is 3.09. The van der Waals surface area contributed by atoms with Gasteiger partial charge in [0.05, 0.1) is 26.0 Å². The summed E-state index contributed by atoms with van der Waals surface area (Å²) in [6.45, 7) is 3.93. The maximum atomic E-state index is 13.7. The number of hydrogen-bond donors (Lipinski definition) is 1. The van der Waals surface area contributed by atoms with Gasteiger partial charge in [0.15, 0.2) is 0 Å². The quantitative estimate of drug-likeness (QED) is 0.431. The molecule has 0 bridgehead atoms. The largest absolute Gasteiger partial charge is 0.466 e. The number of nitrogens with two attached hydrogens (primary N) is 1. The lowest BCUT2D eigenvalue weighted by Crippen LogP contribution is -2.27. The molecule has 0 aliphatic carbocycles. The molecular formula is C22H27N5O5S. The highest BCUT2D eigenvalue weighted by atomic mass is 32.2. The first-order valence-electron chi connectivity index (χ1n) is 10.7. The van der Waals surface area contributed by atoms with E-state index in [1.807, 2.05) is 30.3 Å². The summed E-state index contributed by atoms with van der Waals surface area (Å²) in [7, 11) is -3.35. The molecule has 2 aromatic rings. The molecule has 0 saturated carbocycles. The zero-order chi connectivity index (χ0) is 24.0. The number of rotatable bonds is 9. The molecular weight excluding hydrogens is 446 g/mol. The zero-order valence-corrected chi connectivity index (χ0v) is 19.5. The van der Waals surface area contributed by atoms with E-state index in [0.717, 1.165) is 5.56 Å². The molecule has 3 rings (SSSR count). The number of fused-ring (bicyclic) bond motifs is 1. The number of carbonyl (C=O) groups excluding carboxylic acids is 3. The first-order chi connectivity index (χ1) is 15.8. The number of ether oxygens (including phenoxy) is 1. The summed E-state index contributed by atoms with van der Waals surface area (Å²) < 4.78 is 22.4. The second kappa shape index (κ2) is 10.5. The summed E-state index contributed by atoms with van der Waals surface area (Å²) >= 11 is 0. The van der Waals surface area contributed by atoms with Gasteiger partial charge in [0.1, 0.15) is 21.4 Å². The van der Waals surface area contributed by atoms with Crippen molar-refractivity contribution in [2.24, 2.45) is 4.36 Å². The van der Waals surface area contributed by atoms with Crippen molar-refractivity contribution in [3.8, 4) is 0 Å². The van der Waals surface area contributed by atoms with Crippen molar-refractivity contribution in [2.75, 3.05) is 23.0 Å². The van der Waals surface area contributed by atoms with Gasteiger partial charge in [-0.3, -0.25) is 19.3 Å². The molecule has 1 aliphatic heterocycles. The van der Waals surface area contributed by atoms with Crippen LogP contribution in [0.1, 0.15) is 44.2 Å². The predicted octanol–water partition coefficient (Wildman–Crippen LogP) is 2.25. The van der Waals surface area contributed by atoms with E-state index in [-0.39, 0.29) is 60.9 Å². The maximum absolute atomic E-state index is 13.7. The van der Waals surface area contributed by atoms with Crippen LogP contribution >= 0.6 is 0 Å². The lowest BCUT2D eigenvalue weighted by atomic mass is 10.2. The molecule has 10 nitrogen and oxygen atoms in total. The summed E-state index contributed by atoms with van der Waals surface area (Å²) in [5.41, 5.74) is 7.46. The first kappa shape index (κ1) is 24.3. The van der Waals surface area contributed by atoms with E-state index in [9.17, 15) is 18.6 Å². The molecule has 2 amide bonds. The maximum Gasteiger partial charge on any atom is 0.306 e. The molecule has 1 aromatic carbocycles. The summed E-state index contributed by atoms with van der Waals surface area (Å²) in [6, 6.07) is 9.38. The number of nitrogens with zero attached hydrogens (tertiary/aromatic N) is 4. The van der Waals surface area contributed by atoms with Crippen molar-refractivity contribution < 1.29 is 23.3 Å². The molecule has 33 heavy (non-hydrogen) atoms. The van der Waals surface area contributed by atoms with Crippen LogP contribution in [0.5, 0.6) is 0 Å². The molecule has 0 spiro atoms. The van der Waals surface area contributed by atoms with E-state index >= 15 is 0 Å². The number of benzene rings is 1. The lowest BCUT2D eigenvalue weighted by Gasteiger charge is -2.18. The molecule has 2 heterocycles. The van der Waals surface area contributed by atoms with Crippen LogP contribution in [0.15, 0.2) is 39.9 Å². The monoisotopic (exact) mass is 473 g/mol. The van der Waals surface area contributed by atoms with Crippen LogP contribution < -0.4 is 10.6 Å². The molecule has 1 aromatic heterocycles. The number of esters is 1. The summed E-state index contributed by atoms with van der Waals surface area (Å²) in [4.78, 5) is 46.6. The van der Waals surface area contributed by atoms with E-state index in [1.165, 1.54) is 4.90 Å². The molecule has 0 radical (unpaired) electrons. The highest BCUT2D eigenvalue weighted by Crippen LogP contribution is 2.33. The smallest absolute Gasteiger partial charge is 0.306 e. The molecule has 11 heteroatoms. The van der Waals surface area contributed by atoms with Crippen molar-refractivity contribution in [2.45, 2.75) is 51.2 Å². The van der Waals surface area contributed by atoms with Crippen LogP contribution in [0.3, 0.4) is 0 Å². The zero-order valence-electron chi connectivity index (χ0n) is 18.7. The predicted molar refractivity (Wildman–Crippen MR) is 123 cm³/mol. The normalized spacial score (nSPS) is 14.5. The molecule has 1 aliphatic rings. The van der Waals surface area contributed by atoms with Crippen LogP contribution in [0.4, 0.5) is 11.6 Å². The third kappa shape index (κ3) is 5.72. The van der Waals surface area contributed by atoms with E-state index in [0.29, 0.717) is 12.0 Å². The number of anilines is 2. The minimum Gasteiger partial charge on any atom is -0.466 e. The average molecular weight is 474 g/mol. The second-order valence-corrected chi connectivity index (χ2v) is 9.71. The Kier molecular flexibility index (Phi) is 7.75. The minimum absolute atomic E-state index is 0.0308. The van der Waals surface area contributed by atoms with Gasteiger partial charge in [0.25, 0.3) is 5.91 Å². The Hall–Kier alpha value is -3.34. The Morgan fingerprint density at radius 1 is 1.18 bits per heavy atom. The van der Waals surface area contributed by atoms with E-state index < -0.39 is 21.6 Å². The molecule has 2 N–H and O–H groups in total. The standard InChI is InChI=1S/C22H27N5O5S/c1-3-12-33(31,26-17(28)10-11-19(30)32-4-2)22-24-20(23)16-13-18(29)27(21(16)25-22)14-15-8-6-5-7-9-15/h5-9H,3-4,10-14H2,1-2H3,(H2,23,24,25). The van der Waals surface area contributed by atoms with Crippen molar-refractivity contribution in [1.29, 1.82) is 0 Å². The molecule has 1 unspecified atom stereocenters. The van der Waals surface area contributed by atoms with Gasteiger partial charge >= 0.3 is 5.97 Å². The van der Waals surface area contributed by atoms with Gasteiger partial charge in [-0.1, -0.05) is 37.3 Å². The van der Waals surface area contributed by atoms with Crippen molar-refractivity contribution in [3.63, 3.8) is 0 Å². The molecule has 0 saturated heterocycles. The van der Waals surface area contributed by atoms with Gasteiger partial charge in [-0.15, -0.1) is 0 Å². The van der Waals surface area contributed by atoms with Gasteiger partial charge in [0, 0.05) is 17.7 Å². The number of amides is 2. The third-order valence-electron chi connectivity index (χ3n) is 4.93. The van der Waals surface area contributed by atoms with Crippen LogP contribution in [0, 0.1) is 0 Å². The van der Waals surface area contributed by atoms with Gasteiger partial charge in [-0.2, -0.15) is 4.36 Å². The summed E-state index contributed by atoms with van der Waals surface area (Å²) in [6.07, 6.45) is 0.0856. The Morgan fingerprint density at radius 3 is 2.58 bits per heavy atom. The third-order valence-corrected chi connectivity index (χ3v) is 7.14. The Balaban J connectivity index is 1.96. The molecule has 0 fully saturated rings. The van der Waals surface area contributed by atoms with Crippen molar-refractivity contribution >= 4 is 39.1 Å². The topological polar surface area (TPSA) is 145 Å².